The lowest BCUT2D eigenvalue weighted by molar-refractivity contribution is -0.121. The molecule has 240 valence electrons. The number of aliphatic hydroxyl groups excluding tert-OH is 2. The first-order valence-electron chi connectivity index (χ1n) is 14.1. The minimum atomic E-state index is -1.51. The highest BCUT2D eigenvalue weighted by Gasteiger charge is 2.44. The number of aromatic nitrogens is 2. The predicted molar refractivity (Wildman–Crippen MR) is 167 cm³/mol. The van der Waals surface area contributed by atoms with Gasteiger partial charge in [0.15, 0.2) is 6.23 Å². The lowest BCUT2D eigenvalue weighted by atomic mass is 10.1. The van der Waals surface area contributed by atoms with Crippen molar-refractivity contribution in [3.05, 3.63) is 43.0 Å². The fourth-order valence-corrected chi connectivity index (χ4v) is 6.09. The van der Waals surface area contributed by atoms with E-state index in [1.165, 1.54) is 6.92 Å². The molecular formula is C25H41N6O9P3. The van der Waals surface area contributed by atoms with Gasteiger partial charge < -0.3 is 24.8 Å². The minimum absolute atomic E-state index is 0.0130. The molecule has 1 saturated heterocycles. The normalized spacial score (nSPS) is 21.0. The average Bonchev–Trinajstić information content (AvgIpc) is 3.26. The summed E-state index contributed by atoms with van der Waals surface area (Å²) in [5, 5.41) is 27.4. The molecule has 1 aliphatic heterocycles. The lowest BCUT2D eigenvalue weighted by Gasteiger charge is -2.19. The number of rotatable bonds is 19. The molecule has 0 bridgehead atoms. The molecule has 1 aliphatic rings. The van der Waals surface area contributed by atoms with Gasteiger partial charge in [-0.3, -0.25) is 23.7 Å². The van der Waals surface area contributed by atoms with Crippen molar-refractivity contribution in [2.45, 2.75) is 102 Å². The number of hydrogen-bond donors (Lipinski definition) is 3. The number of Topliss-reactive ketones (excluding diaryl/α,β-unsaturated/α-hetero) is 1. The standard InChI is InChI=1S/C25H41N6O9P3/c1-3-17(32)7-5-4-6-12-27-19(33)10-8-16(28-29-26)9-11-20(34)31-23(37)15(2)13-30(25(31)38)24-22(36)21(35)18(40-24)14-39-42-43-41/h13,16,18,21-22,24,35-36,42-43H,3-12,14,41H2,1-2H3,(H,27,33)/t16?,18-,21?,22+,24-/m1/s1. The van der Waals surface area contributed by atoms with E-state index in [-0.39, 0.29) is 58.0 Å². The zero-order chi connectivity index (χ0) is 31.9. The van der Waals surface area contributed by atoms with Crippen LogP contribution in [0.15, 0.2) is 20.9 Å². The average molecular weight is 663 g/mol. The van der Waals surface area contributed by atoms with Gasteiger partial charge in [0, 0.05) is 63.4 Å². The van der Waals surface area contributed by atoms with Gasteiger partial charge in [0.1, 0.15) is 24.1 Å². The summed E-state index contributed by atoms with van der Waals surface area (Å²) in [6.07, 6.45) is -0.751. The van der Waals surface area contributed by atoms with Crippen molar-refractivity contribution < 1.29 is 33.9 Å². The Kier molecular flexibility index (Phi) is 16.7. The van der Waals surface area contributed by atoms with Crippen molar-refractivity contribution in [1.82, 2.24) is 14.5 Å². The Labute approximate surface area is 254 Å². The van der Waals surface area contributed by atoms with Crippen LogP contribution in [-0.4, -0.2) is 74.5 Å². The molecule has 0 aromatic carbocycles. The monoisotopic (exact) mass is 662 g/mol. The predicted octanol–water partition coefficient (Wildman–Crippen LogP) is 2.47. The van der Waals surface area contributed by atoms with E-state index in [2.05, 4.69) is 24.3 Å². The van der Waals surface area contributed by atoms with Gasteiger partial charge in [0.05, 0.1) is 6.61 Å². The van der Waals surface area contributed by atoms with E-state index in [9.17, 15) is 34.2 Å². The molecule has 2 rings (SSSR count). The first kappa shape index (κ1) is 37.1. The maximum atomic E-state index is 13.2. The first-order chi connectivity index (χ1) is 20.5. The summed E-state index contributed by atoms with van der Waals surface area (Å²) in [6, 6.07) is -0.735. The molecule has 8 atom stereocenters. The SMILES string of the molecule is CCC(=O)CCCCCNC(=O)CCC(CCC(=O)n1c(=O)c(C)cn([C@@H]2O[C@H](COPPP)C(O)[C@@H]2O)c1=O)N=[N+]=[N-]. The summed E-state index contributed by atoms with van der Waals surface area (Å²) in [5.41, 5.74) is 7.09. The molecule has 15 nitrogen and oxygen atoms in total. The van der Waals surface area contributed by atoms with Gasteiger partial charge in [-0.05, 0) is 38.1 Å². The van der Waals surface area contributed by atoms with Gasteiger partial charge in [0.25, 0.3) is 5.56 Å². The maximum absolute atomic E-state index is 13.2. The second kappa shape index (κ2) is 19.3. The van der Waals surface area contributed by atoms with Crippen LogP contribution in [0.3, 0.4) is 0 Å². The highest BCUT2D eigenvalue weighted by molar-refractivity contribution is 8.37. The third-order valence-electron chi connectivity index (χ3n) is 6.98. The highest BCUT2D eigenvalue weighted by Crippen LogP contribution is 2.44. The molecule has 5 unspecified atom stereocenters. The van der Waals surface area contributed by atoms with Crippen LogP contribution in [0.4, 0.5) is 0 Å². The molecule has 0 saturated carbocycles. The molecule has 43 heavy (non-hydrogen) atoms. The van der Waals surface area contributed by atoms with E-state index in [1.807, 2.05) is 6.92 Å². The number of ether oxygens (including phenoxy) is 1. The van der Waals surface area contributed by atoms with Crippen LogP contribution >= 0.6 is 25.4 Å². The van der Waals surface area contributed by atoms with E-state index < -0.39 is 47.7 Å². The largest absolute Gasteiger partial charge is 0.387 e. The number of amides is 1. The summed E-state index contributed by atoms with van der Waals surface area (Å²) in [5.74, 6) is -0.887. The number of unbranched alkanes of at least 4 members (excludes halogenated alkanes) is 2. The highest BCUT2D eigenvalue weighted by atomic mass is 32.4. The van der Waals surface area contributed by atoms with Crippen molar-refractivity contribution >= 4 is 43.0 Å². The van der Waals surface area contributed by atoms with E-state index in [4.69, 9.17) is 14.8 Å². The van der Waals surface area contributed by atoms with Crippen LogP contribution in [-0.2, 0) is 18.8 Å². The molecule has 1 aromatic rings. The second-order valence-electron chi connectivity index (χ2n) is 10.1. The molecule has 0 radical (unpaired) electrons. The third kappa shape index (κ3) is 11.4. The number of aryl methyl sites for hydroxylation is 1. The molecule has 0 spiro atoms. The van der Waals surface area contributed by atoms with E-state index in [0.29, 0.717) is 31.9 Å². The summed E-state index contributed by atoms with van der Waals surface area (Å²) in [7, 11) is 3.14. The molecule has 2 heterocycles. The van der Waals surface area contributed by atoms with Gasteiger partial charge in [-0.2, -0.15) is 4.57 Å². The number of nitrogens with zero attached hydrogens (tertiary/aromatic N) is 5. The topological polar surface area (TPSA) is 215 Å². The van der Waals surface area contributed by atoms with Crippen LogP contribution in [0.5, 0.6) is 0 Å². The maximum Gasteiger partial charge on any atom is 0.340 e. The minimum Gasteiger partial charge on any atom is -0.387 e. The van der Waals surface area contributed by atoms with Gasteiger partial charge >= 0.3 is 5.69 Å². The van der Waals surface area contributed by atoms with Crippen LogP contribution < -0.4 is 16.6 Å². The van der Waals surface area contributed by atoms with Crippen LogP contribution in [0.2, 0.25) is 0 Å². The van der Waals surface area contributed by atoms with Crippen molar-refractivity contribution in [1.29, 1.82) is 0 Å². The third-order valence-corrected chi connectivity index (χ3v) is 9.26. The Balaban J connectivity index is 1.99. The quantitative estimate of drug-likeness (QED) is 0.0651. The van der Waals surface area contributed by atoms with Crippen molar-refractivity contribution in [3.63, 3.8) is 0 Å². The molecule has 1 fully saturated rings. The Morgan fingerprint density at radius 2 is 1.91 bits per heavy atom. The zero-order valence-electron chi connectivity index (χ0n) is 24.3. The number of ketones is 1. The number of azide groups is 1. The summed E-state index contributed by atoms with van der Waals surface area (Å²) < 4.78 is 12.4. The fraction of sp³-hybridized carbons (Fsp3) is 0.720. The summed E-state index contributed by atoms with van der Waals surface area (Å²) >= 11 is 0. The second-order valence-corrected chi connectivity index (χ2v) is 15.0. The van der Waals surface area contributed by atoms with E-state index >= 15 is 0 Å². The molecular weight excluding hydrogens is 621 g/mol. The van der Waals surface area contributed by atoms with E-state index in [1.54, 1.807) is 0 Å². The van der Waals surface area contributed by atoms with Gasteiger partial charge in [-0.25, -0.2) is 4.79 Å². The number of nitrogens with one attached hydrogen (secondary N) is 1. The molecule has 1 amide bonds. The number of carbonyl (C=O) groups excluding carboxylic acids is 3. The van der Waals surface area contributed by atoms with Gasteiger partial charge in [-0.15, -0.1) is 8.93 Å². The Bertz CT molecular complexity index is 1270. The zero-order valence-corrected chi connectivity index (χ0v) is 27.5. The Hall–Kier alpha value is -2.07. The van der Waals surface area contributed by atoms with Crippen molar-refractivity contribution in [2.75, 3.05) is 13.2 Å². The number of hydrogen-bond acceptors (Lipinski definition) is 10. The number of carbonyl (C=O) groups is 3. The van der Waals surface area contributed by atoms with Crippen LogP contribution in [0, 0.1) is 6.92 Å². The number of aliphatic hydroxyl groups is 2. The lowest BCUT2D eigenvalue weighted by Crippen LogP contribution is -2.47. The molecule has 1 aromatic heterocycles. The summed E-state index contributed by atoms with van der Waals surface area (Å²) in [6.45, 7) is 3.66. The fourth-order valence-electron chi connectivity index (χ4n) is 4.51. The van der Waals surface area contributed by atoms with Crippen LogP contribution in [0.25, 0.3) is 10.4 Å². The van der Waals surface area contributed by atoms with Crippen molar-refractivity contribution in [2.24, 2.45) is 5.11 Å². The molecule has 18 heteroatoms. The Morgan fingerprint density at radius 3 is 2.58 bits per heavy atom. The van der Waals surface area contributed by atoms with Gasteiger partial charge in [-0.1, -0.05) is 26.4 Å². The molecule has 0 aliphatic carbocycles. The van der Waals surface area contributed by atoms with Crippen molar-refractivity contribution in [3.8, 4) is 0 Å². The molecule has 3 N–H and O–H groups in total. The first-order valence-corrected chi connectivity index (χ1v) is 18.8. The summed E-state index contributed by atoms with van der Waals surface area (Å²) in [4.78, 5) is 65.4. The Morgan fingerprint density at radius 1 is 1.19 bits per heavy atom. The smallest absolute Gasteiger partial charge is 0.340 e. The van der Waals surface area contributed by atoms with Crippen LogP contribution in [0.1, 0.15) is 81.3 Å². The van der Waals surface area contributed by atoms with E-state index in [0.717, 1.165) is 30.0 Å². The van der Waals surface area contributed by atoms with Gasteiger partial charge in [0.2, 0.25) is 11.8 Å².